The molecule has 0 amide bonds. The van der Waals surface area contributed by atoms with Gasteiger partial charge in [0, 0.05) is 27.9 Å². The van der Waals surface area contributed by atoms with Crippen molar-refractivity contribution in [1.29, 1.82) is 0 Å². The van der Waals surface area contributed by atoms with Gasteiger partial charge in [-0.15, -0.1) is 0 Å². The fourth-order valence-corrected chi connectivity index (χ4v) is 11.7. The molecule has 0 aromatic heterocycles. The Labute approximate surface area is 405 Å². The molecule has 11 aromatic carbocycles. The summed E-state index contributed by atoms with van der Waals surface area (Å²) in [5.41, 5.74) is 23.6. The van der Waals surface area contributed by atoms with Gasteiger partial charge in [0.1, 0.15) is 0 Å². The van der Waals surface area contributed by atoms with Gasteiger partial charge in [-0.3, -0.25) is 0 Å². The van der Waals surface area contributed by atoms with Gasteiger partial charge in [-0.2, -0.15) is 0 Å². The smallest absolute Gasteiger partial charge is 0.0465 e. The van der Waals surface area contributed by atoms with E-state index in [0.717, 1.165) is 17.1 Å². The van der Waals surface area contributed by atoms with Gasteiger partial charge in [0.25, 0.3) is 0 Å². The van der Waals surface area contributed by atoms with Crippen LogP contribution in [0.4, 0.5) is 17.1 Å². The maximum atomic E-state index is 2.47. The van der Waals surface area contributed by atoms with E-state index < -0.39 is 0 Å². The van der Waals surface area contributed by atoms with Gasteiger partial charge in [-0.1, -0.05) is 210 Å². The third kappa shape index (κ3) is 6.60. The molecule has 0 bridgehead atoms. The molecule has 13 rings (SSSR count). The van der Waals surface area contributed by atoms with E-state index in [4.69, 9.17) is 0 Å². The maximum absolute atomic E-state index is 2.47. The molecule has 328 valence electrons. The molecule has 11 aromatic rings. The average Bonchev–Trinajstić information content (AvgIpc) is 3.77. The topological polar surface area (TPSA) is 3.24 Å². The van der Waals surface area contributed by atoms with Crippen molar-refractivity contribution in [2.45, 2.75) is 38.5 Å². The Balaban J connectivity index is 0.870. The molecule has 1 heteroatoms. The summed E-state index contributed by atoms with van der Waals surface area (Å²) in [6.45, 7) is 9.58. The number of anilines is 3. The van der Waals surface area contributed by atoms with Crippen LogP contribution in [0.1, 0.15) is 49.9 Å². The third-order valence-electron chi connectivity index (χ3n) is 15.5. The second-order valence-corrected chi connectivity index (χ2v) is 20.1. The number of fused-ring (bicyclic) bond motifs is 9. The van der Waals surface area contributed by atoms with Crippen molar-refractivity contribution in [3.63, 3.8) is 0 Å². The maximum Gasteiger partial charge on any atom is 0.0465 e. The van der Waals surface area contributed by atoms with E-state index in [-0.39, 0.29) is 10.8 Å². The predicted molar refractivity (Wildman–Crippen MR) is 293 cm³/mol. The van der Waals surface area contributed by atoms with E-state index in [2.05, 4.69) is 269 Å². The van der Waals surface area contributed by atoms with Gasteiger partial charge in [0.15, 0.2) is 0 Å². The first kappa shape index (κ1) is 41.0. The highest BCUT2D eigenvalue weighted by atomic mass is 15.1. The second-order valence-electron chi connectivity index (χ2n) is 20.1. The zero-order valence-corrected chi connectivity index (χ0v) is 39.5. The van der Waals surface area contributed by atoms with Crippen molar-refractivity contribution >= 4 is 38.6 Å². The minimum absolute atomic E-state index is 0.182. The molecule has 69 heavy (non-hydrogen) atoms. The quantitative estimate of drug-likeness (QED) is 0.144. The molecule has 0 unspecified atom stereocenters. The second kappa shape index (κ2) is 15.7. The van der Waals surface area contributed by atoms with Crippen molar-refractivity contribution in [2.75, 3.05) is 4.90 Å². The van der Waals surface area contributed by atoms with Crippen LogP contribution in [0.25, 0.3) is 88.3 Å². The Morgan fingerprint density at radius 2 is 0.609 bits per heavy atom. The first-order valence-corrected chi connectivity index (χ1v) is 24.3. The van der Waals surface area contributed by atoms with Crippen LogP contribution in [0, 0.1) is 0 Å². The van der Waals surface area contributed by atoms with Gasteiger partial charge >= 0.3 is 0 Å². The monoisotopic (exact) mass is 881 g/mol. The summed E-state index contributed by atoms with van der Waals surface area (Å²) in [4.78, 5) is 2.47. The SMILES string of the molecule is CC1(C)c2cc(-c3ccccc3)ccc2-c2ccc(N(c3ccc(-c4ccccc4)cc3)c3ccc4c(c3)C(C)(C)c3cc(-c5ccc(-c6cc7ccccc7c7ccccc67)cc5)ccc3-4)cc21. The number of hydrogen-bond acceptors (Lipinski definition) is 1. The molecule has 0 aliphatic heterocycles. The highest BCUT2D eigenvalue weighted by Gasteiger charge is 2.38. The van der Waals surface area contributed by atoms with Crippen molar-refractivity contribution < 1.29 is 0 Å². The summed E-state index contributed by atoms with van der Waals surface area (Å²) >= 11 is 0. The molecule has 2 aliphatic carbocycles. The van der Waals surface area contributed by atoms with Gasteiger partial charge in [0.05, 0.1) is 0 Å². The zero-order valence-electron chi connectivity index (χ0n) is 39.5. The molecule has 0 atom stereocenters. The lowest BCUT2D eigenvalue weighted by molar-refractivity contribution is 0.660. The molecule has 1 nitrogen and oxygen atoms in total. The summed E-state index contributed by atoms with van der Waals surface area (Å²) in [7, 11) is 0. The van der Waals surface area contributed by atoms with Gasteiger partial charge in [-0.05, 0) is 165 Å². The van der Waals surface area contributed by atoms with Crippen molar-refractivity contribution in [3.8, 4) is 66.8 Å². The number of hydrogen-bond donors (Lipinski definition) is 0. The van der Waals surface area contributed by atoms with Crippen LogP contribution in [0.15, 0.2) is 237 Å². The van der Waals surface area contributed by atoms with Crippen LogP contribution < -0.4 is 4.90 Å². The molecular weight excluding hydrogens is 831 g/mol. The molecule has 0 spiro atoms. The summed E-state index contributed by atoms with van der Waals surface area (Å²) in [5.74, 6) is 0. The standard InChI is InChI=1S/C68H51N/c1-67(2)63-40-49(45-17-9-6-10-18-45)29-35-58(63)60-37-33-53(42-65(60)67)69(52-31-27-46(28-32-52)44-15-7-5-8-16-44)54-34-38-61-59-36-30-50(41-64(59)68(3,4)66(61)43-54)47-23-25-48(26-24-47)62-39-51-19-11-12-20-55(51)56-21-13-14-22-57(56)62/h5-43H,1-4H3. The lowest BCUT2D eigenvalue weighted by Crippen LogP contribution is -2.18. The summed E-state index contributed by atoms with van der Waals surface area (Å²) in [5, 5.41) is 5.14. The van der Waals surface area contributed by atoms with E-state index in [9.17, 15) is 0 Å². The minimum Gasteiger partial charge on any atom is -0.310 e. The highest BCUT2D eigenvalue weighted by molar-refractivity contribution is 6.13. The van der Waals surface area contributed by atoms with Crippen LogP contribution in [0.5, 0.6) is 0 Å². The lowest BCUT2D eigenvalue weighted by atomic mass is 9.81. The normalized spacial score (nSPS) is 13.7. The van der Waals surface area contributed by atoms with Crippen LogP contribution >= 0.6 is 0 Å². The van der Waals surface area contributed by atoms with E-state index in [1.807, 2.05) is 0 Å². The largest absolute Gasteiger partial charge is 0.310 e. The fourth-order valence-electron chi connectivity index (χ4n) is 11.7. The molecule has 0 heterocycles. The molecule has 2 aliphatic rings. The molecule has 0 saturated heterocycles. The fraction of sp³-hybridized carbons (Fsp3) is 0.0882. The van der Waals surface area contributed by atoms with Crippen molar-refractivity contribution in [1.82, 2.24) is 0 Å². The summed E-state index contributed by atoms with van der Waals surface area (Å²) in [6.07, 6.45) is 0. The number of rotatable bonds is 7. The molecule has 0 fully saturated rings. The third-order valence-corrected chi connectivity index (χ3v) is 15.5. The number of benzene rings is 11. The summed E-state index contributed by atoms with van der Waals surface area (Å²) in [6, 6.07) is 88.0. The average molecular weight is 882 g/mol. The molecule has 0 saturated carbocycles. The predicted octanol–water partition coefficient (Wildman–Crippen LogP) is 18.7. The first-order valence-electron chi connectivity index (χ1n) is 24.3. The minimum atomic E-state index is -0.221. The van der Waals surface area contributed by atoms with E-state index in [1.54, 1.807) is 0 Å². The molecule has 0 N–H and O–H groups in total. The Bertz CT molecular complexity index is 3800. The Morgan fingerprint density at radius 1 is 0.246 bits per heavy atom. The van der Waals surface area contributed by atoms with Crippen molar-refractivity contribution in [3.05, 3.63) is 259 Å². The summed E-state index contributed by atoms with van der Waals surface area (Å²) < 4.78 is 0. The lowest BCUT2D eigenvalue weighted by Gasteiger charge is -2.30. The van der Waals surface area contributed by atoms with Crippen molar-refractivity contribution in [2.24, 2.45) is 0 Å². The Hall–Kier alpha value is -8.26. The van der Waals surface area contributed by atoms with Gasteiger partial charge in [0.2, 0.25) is 0 Å². The molecular formula is C68H51N. The Kier molecular flexibility index (Phi) is 9.30. The van der Waals surface area contributed by atoms with Crippen LogP contribution in [0.2, 0.25) is 0 Å². The van der Waals surface area contributed by atoms with Crippen LogP contribution in [-0.2, 0) is 10.8 Å². The van der Waals surface area contributed by atoms with E-state index >= 15 is 0 Å². The van der Waals surface area contributed by atoms with Crippen LogP contribution in [-0.4, -0.2) is 0 Å². The van der Waals surface area contributed by atoms with E-state index in [1.165, 1.54) is 111 Å². The number of nitrogens with zero attached hydrogens (tertiary/aromatic N) is 1. The molecule has 0 radical (unpaired) electrons. The highest BCUT2D eigenvalue weighted by Crippen LogP contribution is 2.54. The van der Waals surface area contributed by atoms with E-state index in [0.29, 0.717) is 0 Å². The zero-order chi connectivity index (χ0) is 46.4. The Morgan fingerprint density at radius 3 is 1.16 bits per heavy atom. The van der Waals surface area contributed by atoms with Gasteiger partial charge in [-0.25, -0.2) is 0 Å². The van der Waals surface area contributed by atoms with Gasteiger partial charge < -0.3 is 4.90 Å². The first-order chi connectivity index (χ1) is 33.7. The van der Waals surface area contributed by atoms with Crippen LogP contribution in [0.3, 0.4) is 0 Å².